The highest BCUT2D eigenvalue weighted by Gasteiger charge is 2.12. The van der Waals surface area contributed by atoms with Crippen LogP contribution in [-0.2, 0) is 4.79 Å². The van der Waals surface area contributed by atoms with Crippen LogP contribution in [0.5, 0.6) is 0 Å². The zero-order valence-corrected chi connectivity index (χ0v) is 9.88. The zero-order chi connectivity index (χ0) is 11.3. The number of carbonyl (C=O) groups is 1. The fourth-order valence-corrected chi connectivity index (χ4v) is 2.53. The molecule has 1 aromatic rings. The number of aliphatic carboxylic acids is 1. The number of hydrogen-bond donors (Lipinski definition) is 1. The molecule has 2 nitrogen and oxygen atoms in total. The first-order chi connectivity index (χ1) is 7.11. The molecule has 0 aromatic heterocycles. The van der Waals surface area contributed by atoms with E-state index in [1.165, 1.54) is 5.56 Å². The van der Waals surface area contributed by atoms with Crippen molar-refractivity contribution in [3.05, 3.63) is 29.8 Å². The minimum absolute atomic E-state index is 0.171. The van der Waals surface area contributed by atoms with Crippen LogP contribution in [-0.4, -0.2) is 16.3 Å². The number of thioether (sulfide) groups is 1. The van der Waals surface area contributed by atoms with Crippen LogP contribution in [0.25, 0.3) is 0 Å². The molecule has 15 heavy (non-hydrogen) atoms. The molecule has 0 spiro atoms. The minimum atomic E-state index is -0.720. The maximum absolute atomic E-state index is 10.6. The third-order valence-electron chi connectivity index (χ3n) is 2.15. The van der Waals surface area contributed by atoms with Gasteiger partial charge < -0.3 is 5.11 Å². The maximum Gasteiger partial charge on any atom is 0.304 e. The second-order valence-corrected chi connectivity index (χ2v) is 4.94. The molecule has 0 aliphatic carbocycles. The summed E-state index contributed by atoms with van der Waals surface area (Å²) in [5.74, 6) is -0.720. The quantitative estimate of drug-likeness (QED) is 0.779. The Labute approximate surface area is 94.7 Å². The van der Waals surface area contributed by atoms with Crippen molar-refractivity contribution in [2.45, 2.75) is 36.8 Å². The average Bonchev–Trinajstić information content (AvgIpc) is 2.16. The summed E-state index contributed by atoms with van der Waals surface area (Å²) in [5, 5.41) is 8.90. The predicted octanol–water partition coefficient (Wildman–Crippen LogP) is 3.34. The van der Waals surface area contributed by atoms with Crippen LogP contribution < -0.4 is 0 Å². The molecule has 0 fully saturated rings. The van der Waals surface area contributed by atoms with Crippen LogP contribution in [0.1, 0.15) is 25.3 Å². The second kappa shape index (κ2) is 5.81. The van der Waals surface area contributed by atoms with Crippen LogP contribution in [0.3, 0.4) is 0 Å². The summed E-state index contributed by atoms with van der Waals surface area (Å²) < 4.78 is 0. The lowest BCUT2D eigenvalue weighted by Gasteiger charge is -2.11. The topological polar surface area (TPSA) is 37.3 Å². The Morgan fingerprint density at radius 3 is 2.80 bits per heavy atom. The summed E-state index contributed by atoms with van der Waals surface area (Å²) >= 11 is 1.65. The van der Waals surface area contributed by atoms with Gasteiger partial charge in [0, 0.05) is 10.1 Å². The Bertz CT molecular complexity index is 336. The Morgan fingerprint density at radius 2 is 2.27 bits per heavy atom. The monoisotopic (exact) mass is 224 g/mol. The number of carboxylic acids is 1. The van der Waals surface area contributed by atoms with Gasteiger partial charge in [0.2, 0.25) is 0 Å². The van der Waals surface area contributed by atoms with Gasteiger partial charge in [0.25, 0.3) is 0 Å². The van der Waals surface area contributed by atoms with Gasteiger partial charge in [-0.25, -0.2) is 0 Å². The SMILES string of the molecule is CCC(CC(=O)O)Sc1cccc(C)c1. The van der Waals surface area contributed by atoms with Crippen LogP contribution in [0.2, 0.25) is 0 Å². The number of benzene rings is 1. The van der Waals surface area contributed by atoms with E-state index >= 15 is 0 Å². The van der Waals surface area contributed by atoms with E-state index in [1.807, 2.05) is 32.0 Å². The molecule has 82 valence electrons. The van der Waals surface area contributed by atoms with E-state index in [4.69, 9.17) is 5.11 Å². The van der Waals surface area contributed by atoms with Crippen LogP contribution in [0, 0.1) is 6.92 Å². The molecule has 1 N–H and O–H groups in total. The van der Waals surface area contributed by atoms with E-state index in [9.17, 15) is 4.79 Å². The number of carboxylic acid groups (broad SMARTS) is 1. The van der Waals surface area contributed by atoms with Gasteiger partial charge in [0.1, 0.15) is 0 Å². The van der Waals surface area contributed by atoms with Gasteiger partial charge in [-0.15, -0.1) is 11.8 Å². The normalized spacial score (nSPS) is 12.4. The first-order valence-corrected chi connectivity index (χ1v) is 5.95. The summed E-state index contributed by atoms with van der Waals surface area (Å²) in [6.45, 7) is 4.07. The third kappa shape index (κ3) is 4.38. The van der Waals surface area contributed by atoms with Gasteiger partial charge in [-0.2, -0.15) is 0 Å². The van der Waals surface area contributed by atoms with Gasteiger partial charge >= 0.3 is 5.97 Å². The van der Waals surface area contributed by atoms with E-state index in [1.54, 1.807) is 11.8 Å². The summed E-state index contributed by atoms with van der Waals surface area (Å²) in [5.41, 5.74) is 1.21. The maximum atomic E-state index is 10.6. The molecule has 1 rings (SSSR count). The summed E-state index contributed by atoms with van der Waals surface area (Å²) in [6, 6.07) is 8.17. The lowest BCUT2D eigenvalue weighted by atomic mass is 10.2. The van der Waals surface area contributed by atoms with E-state index in [2.05, 4.69) is 6.07 Å². The van der Waals surface area contributed by atoms with Crippen molar-refractivity contribution >= 4 is 17.7 Å². The molecular formula is C12H16O2S. The molecule has 0 heterocycles. The van der Waals surface area contributed by atoms with E-state index in [0.717, 1.165) is 11.3 Å². The highest BCUT2D eigenvalue weighted by atomic mass is 32.2. The van der Waals surface area contributed by atoms with Crippen molar-refractivity contribution in [2.24, 2.45) is 0 Å². The molecule has 1 unspecified atom stereocenters. The summed E-state index contributed by atoms with van der Waals surface area (Å²) in [7, 11) is 0. The molecule has 0 aliphatic heterocycles. The Kier molecular flexibility index (Phi) is 4.69. The lowest BCUT2D eigenvalue weighted by molar-refractivity contribution is -0.136. The average molecular weight is 224 g/mol. The Balaban J connectivity index is 2.62. The second-order valence-electron chi connectivity index (χ2n) is 3.56. The van der Waals surface area contributed by atoms with Crippen molar-refractivity contribution < 1.29 is 9.90 Å². The highest BCUT2D eigenvalue weighted by Crippen LogP contribution is 2.27. The summed E-state index contributed by atoms with van der Waals surface area (Å²) in [6.07, 6.45) is 1.11. The number of rotatable bonds is 5. The molecule has 0 saturated heterocycles. The van der Waals surface area contributed by atoms with E-state index in [-0.39, 0.29) is 11.7 Å². The molecule has 0 amide bonds. The summed E-state index contributed by atoms with van der Waals surface area (Å²) in [4.78, 5) is 11.8. The zero-order valence-electron chi connectivity index (χ0n) is 9.06. The van der Waals surface area contributed by atoms with Crippen molar-refractivity contribution in [3.8, 4) is 0 Å². The van der Waals surface area contributed by atoms with Gasteiger partial charge in [-0.3, -0.25) is 4.79 Å². The molecule has 3 heteroatoms. The van der Waals surface area contributed by atoms with Crippen LogP contribution >= 0.6 is 11.8 Å². The van der Waals surface area contributed by atoms with Crippen molar-refractivity contribution in [3.63, 3.8) is 0 Å². The lowest BCUT2D eigenvalue weighted by Crippen LogP contribution is -2.08. The third-order valence-corrected chi connectivity index (χ3v) is 3.51. The van der Waals surface area contributed by atoms with Crippen LogP contribution in [0.15, 0.2) is 29.2 Å². The van der Waals surface area contributed by atoms with Gasteiger partial charge in [0.15, 0.2) is 0 Å². The fourth-order valence-electron chi connectivity index (χ4n) is 1.35. The van der Waals surface area contributed by atoms with Crippen molar-refractivity contribution in [1.29, 1.82) is 0 Å². The molecule has 0 saturated carbocycles. The van der Waals surface area contributed by atoms with Gasteiger partial charge in [-0.05, 0) is 25.5 Å². The van der Waals surface area contributed by atoms with Crippen LogP contribution in [0.4, 0.5) is 0 Å². The van der Waals surface area contributed by atoms with E-state index in [0.29, 0.717) is 0 Å². The molecule has 1 aromatic carbocycles. The highest BCUT2D eigenvalue weighted by molar-refractivity contribution is 8.00. The van der Waals surface area contributed by atoms with Crippen molar-refractivity contribution in [2.75, 3.05) is 0 Å². The fraction of sp³-hybridized carbons (Fsp3) is 0.417. The van der Waals surface area contributed by atoms with Crippen molar-refractivity contribution in [1.82, 2.24) is 0 Å². The molecule has 0 aliphatic rings. The first kappa shape index (κ1) is 12.1. The standard InChI is InChI=1S/C12H16O2S/c1-3-10(8-12(13)14)15-11-6-4-5-9(2)7-11/h4-7,10H,3,8H2,1-2H3,(H,13,14). The molecule has 0 radical (unpaired) electrons. The smallest absolute Gasteiger partial charge is 0.304 e. The molecule has 0 bridgehead atoms. The first-order valence-electron chi connectivity index (χ1n) is 5.07. The molecular weight excluding hydrogens is 208 g/mol. The Hall–Kier alpha value is -0.960. The molecule has 1 atom stereocenters. The van der Waals surface area contributed by atoms with E-state index < -0.39 is 5.97 Å². The van der Waals surface area contributed by atoms with Gasteiger partial charge in [0.05, 0.1) is 6.42 Å². The predicted molar refractivity (Wildman–Crippen MR) is 63.4 cm³/mol. The Morgan fingerprint density at radius 1 is 1.53 bits per heavy atom. The minimum Gasteiger partial charge on any atom is -0.481 e. The van der Waals surface area contributed by atoms with Gasteiger partial charge in [-0.1, -0.05) is 24.6 Å². The largest absolute Gasteiger partial charge is 0.481 e. The number of aryl methyl sites for hydroxylation is 1. The number of hydrogen-bond acceptors (Lipinski definition) is 2.